The first-order valence-corrected chi connectivity index (χ1v) is 6.11. The van der Waals surface area contributed by atoms with Crippen LogP contribution in [0.1, 0.15) is 40.2 Å². The fourth-order valence-electron chi connectivity index (χ4n) is 2.48. The lowest BCUT2D eigenvalue weighted by atomic mass is 9.91. The Bertz CT molecular complexity index is 598. The minimum atomic E-state index is -0.353. The summed E-state index contributed by atoms with van der Waals surface area (Å²) in [6, 6.07) is 3.78. The van der Waals surface area contributed by atoms with E-state index in [9.17, 15) is 4.79 Å². The summed E-state index contributed by atoms with van der Waals surface area (Å²) in [7, 11) is 0. The Labute approximate surface area is 105 Å². The molecule has 1 fully saturated rings. The largest absolute Gasteiger partial charge is 0.366 e. The van der Waals surface area contributed by atoms with Gasteiger partial charge in [-0.2, -0.15) is 0 Å². The number of H-pyrrole nitrogens is 1. The molecule has 4 heteroatoms. The van der Waals surface area contributed by atoms with E-state index in [0.717, 1.165) is 35.2 Å². The highest BCUT2D eigenvalue weighted by molar-refractivity contribution is 5.97. The lowest BCUT2D eigenvalue weighted by Gasteiger charge is -2.13. The molecular weight excluding hydrogens is 226 g/mol. The topological polar surface area (TPSA) is 71.8 Å². The second-order valence-electron chi connectivity index (χ2n) is 4.81. The third kappa shape index (κ3) is 1.70. The van der Waals surface area contributed by atoms with Crippen LogP contribution in [-0.2, 0) is 0 Å². The van der Waals surface area contributed by atoms with E-state index >= 15 is 0 Å². The van der Waals surface area contributed by atoms with Crippen molar-refractivity contribution in [2.45, 2.75) is 25.7 Å². The number of nitrogens with two attached hydrogens (primary N) is 1. The Morgan fingerprint density at radius 1 is 1.44 bits per heavy atom. The summed E-state index contributed by atoms with van der Waals surface area (Å²) < 4.78 is 0. The normalized spacial score (nSPS) is 14.7. The summed E-state index contributed by atoms with van der Waals surface area (Å²) in [5.74, 6) is 0.104. The van der Waals surface area contributed by atoms with E-state index in [1.165, 1.54) is 0 Å². The second kappa shape index (κ2) is 3.98. The molecule has 2 aromatic rings. The number of carbonyl (C=O) groups excluding carboxylic acids is 1. The van der Waals surface area contributed by atoms with Crippen molar-refractivity contribution in [3.63, 3.8) is 0 Å². The molecule has 4 nitrogen and oxygen atoms in total. The van der Waals surface area contributed by atoms with Crippen LogP contribution in [0.25, 0.3) is 11.3 Å². The zero-order valence-electron chi connectivity index (χ0n) is 10.2. The van der Waals surface area contributed by atoms with Gasteiger partial charge in [0.05, 0.1) is 12.0 Å². The number of hydrogen-bond acceptors (Lipinski definition) is 2. The summed E-state index contributed by atoms with van der Waals surface area (Å²) in [5, 5.41) is 0. The molecule has 1 saturated carbocycles. The standard InChI is InChI=1S/C14H15N3O/c1-8-2-5-10(14(15)18)13(9-3-4-9)12(8)11-6-16-7-17-11/h2,5-7,9H,3-4H2,1H3,(H2,15,18)(H,16,17). The molecule has 1 aromatic heterocycles. The number of primary amides is 1. The van der Waals surface area contributed by atoms with E-state index in [1.807, 2.05) is 25.3 Å². The molecule has 18 heavy (non-hydrogen) atoms. The number of aryl methyl sites for hydroxylation is 1. The SMILES string of the molecule is Cc1ccc(C(N)=O)c(C2CC2)c1-c1c[nH]cn1. The quantitative estimate of drug-likeness (QED) is 0.865. The van der Waals surface area contributed by atoms with E-state index in [-0.39, 0.29) is 5.91 Å². The molecule has 0 atom stereocenters. The molecule has 92 valence electrons. The number of nitrogens with zero attached hydrogens (tertiary/aromatic N) is 1. The van der Waals surface area contributed by atoms with Crippen LogP contribution in [0, 0.1) is 6.92 Å². The predicted octanol–water partition coefficient (Wildman–Crippen LogP) is 2.36. The summed E-state index contributed by atoms with van der Waals surface area (Å²) in [4.78, 5) is 18.9. The average Bonchev–Trinajstić information content (AvgIpc) is 3.04. The van der Waals surface area contributed by atoms with Gasteiger partial charge in [0.1, 0.15) is 0 Å². The molecule has 3 rings (SSSR count). The van der Waals surface area contributed by atoms with Crippen LogP contribution in [0.5, 0.6) is 0 Å². The van der Waals surface area contributed by atoms with Crippen molar-refractivity contribution < 1.29 is 4.79 Å². The monoisotopic (exact) mass is 241 g/mol. The predicted molar refractivity (Wildman–Crippen MR) is 69.3 cm³/mol. The summed E-state index contributed by atoms with van der Waals surface area (Å²) in [6.45, 7) is 2.04. The maximum absolute atomic E-state index is 11.6. The van der Waals surface area contributed by atoms with Gasteiger partial charge < -0.3 is 10.7 Å². The van der Waals surface area contributed by atoms with E-state index in [0.29, 0.717) is 11.5 Å². The van der Waals surface area contributed by atoms with Crippen LogP contribution in [-0.4, -0.2) is 15.9 Å². The first-order valence-electron chi connectivity index (χ1n) is 6.11. The zero-order valence-corrected chi connectivity index (χ0v) is 10.2. The molecule has 1 heterocycles. The van der Waals surface area contributed by atoms with Gasteiger partial charge in [-0.1, -0.05) is 6.07 Å². The minimum absolute atomic E-state index is 0.353. The molecule has 3 N–H and O–H groups in total. The highest BCUT2D eigenvalue weighted by Gasteiger charge is 2.31. The number of hydrogen-bond donors (Lipinski definition) is 2. The number of carbonyl (C=O) groups is 1. The first-order chi connectivity index (χ1) is 8.68. The van der Waals surface area contributed by atoms with E-state index < -0.39 is 0 Å². The molecule has 1 aliphatic rings. The maximum Gasteiger partial charge on any atom is 0.249 e. The lowest BCUT2D eigenvalue weighted by Crippen LogP contribution is -2.14. The van der Waals surface area contributed by atoms with Gasteiger partial charge in [0.25, 0.3) is 0 Å². The molecule has 0 radical (unpaired) electrons. The number of aromatic nitrogens is 2. The number of rotatable bonds is 3. The van der Waals surface area contributed by atoms with Gasteiger partial charge in [0, 0.05) is 17.3 Å². The van der Waals surface area contributed by atoms with Crippen LogP contribution < -0.4 is 5.73 Å². The third-order valence-corrected chi connectivity index (χ3v) is 3.46. The fraction of sp³-hybridized carbons (Fsp3) is 0.286. The summed E-state index contributed by atoms with van der Waals surface area (Å²) in [5.41, 5.74) is 10.3. The van der Waals surface area contributed by atoms with Crippen LogP contribution >= 0.6 is 0 Å². The second-order valence-corrected chi connectivity index (χ2v) is 4.81. The Morgan fingerprint density at radius 3 is 2.78 bits per heavy atom. The molecule has 1 amide bonds. The molecule has 0 unspecified atom stereocenters. The Morgan fingerprint density at radius 2 is 2.22 bits per heavy atom. The molecule has 0 saturated heterocycles. The van der Waals surface area contributed by atoms with E-state index in [1.54, 1.807) is 6.33 Å². The Balaban J connectivity index is 2.28. The average molecular weight is 241 g/mol. The highest BCUT2D eigenvalue weighted by atomic mass is 16.1. The molecule has 0 bridgehead atoms. The van der Waals surface area contributed by atoms with Crippen molar-refractivity contribution in [1.82, 2.24) is 9.97 Å². The van der Waals surface area contributed by atoms with Crippen molar-refractivity contribution in [2.24, 2.45) is 5.73 Å². The van der Waals surface area contributed by atoms with Gasteiger partial charge in [-0.15, -0.1) is 0 Å². The summed E-state index contributed by atoms with van der Waals surface area (Å²) >= 11 is 0. The van der Waals surface area contributed by atoms with E-state index in [4.69, 9.17) is 5.73 Å². The Hall–Kier alpha value is -2.10. The van der Waals surface area contributed by atoms with Crippen molar-refractivity contribution in [3.8, 4) is 11.3 Å². The smallest absolute Gasteiger partial charge is 0.249 e. The van der Waals surface area contributed by atoms with Gasteiger partial charge in [-0.25, -0.2) is 4.98 Å². The van der Waals surface area contributed by atoms with Gasteiger partial charge >= 0.3 is 0 Å². The van der Waals surface area contributed by atoms with Gasteiger partial charge in [0.2, 0.25) is 5.91 Å². The highest BCUT2D eigenvalue weighted by Crippen LogP contribution is 2.46. The van der Waals surface area contributed by atoms with Crippen LogP contribution in [0.15, 0.2) is 24.7 Å². The van der Waals surface area contributed by atoms with Crippen LogP contribution in [0.2, 0.25) is 0 Å². The third-order valence-electron chi connectivity index (χ3n) is 3.46. The number of amides is 1. The molecular formula is C14H15N3O. The molecule has 0 spiro atoms. The maximum atomic E-state index is 11.6. The number of aromatic amines is 1. The van der Waals surface area contributed by atoms with Gasteiger partial charge in [0.15, 0.2) is 0 Å². The van der Waals surface area contributed by atoms with Crippen LogP contribution in [0.4, 0.5) is 0 Å². The van der Waals surface area contributed by atoms with Crippen molar-refractivity contribution in [2.75, 3.05) is 0 Å². The van der Waals surface area contributed by atoms with Gasteiger partial charge in [-0.3, -0.25) is 4.79 Å². The first kappa shape index (κ1) is 11.0. The van der Waals surface area contributed by atoms with Crippen molar-refractivity contribution in [1.29, 1.82) is 0 Å². The Kier molecular flexibility index (Phi) is 2.44. The fourth-order valence-corrected chi connectivity index (χ4v) is 2.48. The lowest BCUT2D eigenvalue weighted by molar-refractivity contribution is 0.0999. The zero-order chi connectivity index (χ0) is 12.7. The van der Waals surface area contributed by atoms with Crippen molar-refractivity contribution >= 4 is 5.91 Å². The van der Waals surface area contributed by atoms with E-state index in [2.05, 4.69) is 9.97 Å². The number of benzene rings is 1. The van der Waals surface area contributed by atoms with Gasteiger partial charge in [-0.05, 0) is 42.9 Å². The van der Waals surface area contributed by atoms with Crippen LogP contribution in [0.3, 0.4) is 0 Å². The van der Waals surface area contributed by atoms with Crippen molar-refractivity contribution in [3.05, 3.63) is 41.3 Å². The number of nitrogens with one attached hydrogen (secondary N) is 1. The number of imidazole rings is 1. The molecule has 1 aromatic carbocycles. The molecule has 0 aliphatic heterocycles. The summed E-state index contributed by atoms with van der Waals surface area (Å²) in [6.07, 6.45) is 5.77. The molecule has 1 aliphatic carbocycles. The minimum Gasteiger partial charge on any atom is -0.366 e.